The predicted molar refractivity (Wildman–Crippen MR) is 107 cm³/mol. The molecule has 4 rings (SSSR count). The fraction of sp³-hybridized carbons (Fsp3) is 0.409. The predicted octanol–water partition coefficient (Wildman–Crippen LogP) is 3.88. The number of hydrogen-bond donors (Lipinski definition) is 0. The van der Waals surface area contributed by atoms with Gasteiger partial charge < -0.3 is 9.47 Å². The smallest absolute Gasteiger partial charge is 0.227 e. The summed E-state index contributed by atoms with van der Waals surface area (Å²) in [6.45, 7) is 7.95. The Morgan fingerprint density at radius 3 is 2.93 bits per heavy atom. The number of benzene rings is 1. The first-order valence-corrected chi connectivity index (χ1v) is 9.68. The largest absolute Gasteiger partial charge is 0.342 e. The molecule has 0 bridgehead atoms. The second-order valence-corrected chi connectivity index (χ2v) is 7.79. The minimum absolute atomic E-state index is 0.206. The maximum absolute atomic E-state index is 12.8. The zero-order chi connectivity index (χ0) is 19.0. The second-order valence-electron chi connectivity index (χ2n) is 7.79. The van der Waals surface area contributed by atoms with E-state index in [9.17, 15) is 4.79 Å². The van der Waals surface area contributed by atoms with Crippen LogP contribution in [0.25, 0.3) is 11.0 Å². The van der Waals surface area contributed by atoms with Gasteiger partial charge in [-0.2, -0.15) is 0 Å². The van der Waals surface area contributed by atoms with Crippen LogP contribution in [0.1, 0.15) is 49.2 Å². The highest BCUT2D eigenvalue weighted by Gasteiger charge is 2.31. The number of aromatic nitrogens is 3. The lowest BCUT2D eigenvalue weighted by atomic mass is 10.1. The molecule has 3 aromatic rings. The van der Waals surface area contributed by atoms with Gasteiger partial charge in [0.2, 0.25) is 5.91 Å². The second kappa shape index (κ2) is 7.14. The molecule has 2 aromatic heterocycles. The van der Waals surface area contributed by atoms with Crippen molar-refractivity contribution < 1.29 is 4.79 Å². The van der Waals surface area contributed by atoms with Crippen LogP contribution in [-0.2, 0) is 11.2 Å². The lowest BCUT2D eigenvalue weighted by molar-refractivity contribution is -0.129. The third-order valence-corrected chi connectivity index (χ3v) is 5.38. The van der Waals surface area contributed by atoms with Gasteiger partial charge in [-0.05, 0) is 38.8 Å². The number of pyridine rings is 1. The molecule has 1 saturated heterocycles. The highest BCUT2D eigenvalue weighted by molar-refractivity contribution is 5.79. The fourth-order valence-corrected chi connectivity index (χ4v) is 4.10. The van der Waals surface area contributed by atoms with E-state index >= 15 is 0 Å². The Morgan fingerprint density at radius 2 is 2.15 bits per heavy atom. The van der Waals surface area contributed by atoms with Gasteiger partial charge in [-0.1, -0.05) is 29.8 Å². The molecule has 1 aliphatic rings. The van der Waals surface area contributed by atoms with Gasteiger partial charge >= 0.3 is 0 Å². The Hall–Kier alpha value is -2.69. The monoisotopic (exact) mass is 362 g/mol. The van der Waals surface area contributed by atoms with E-state index in [1.165, 1.54) is 5.56 Å². The zero-order valence-electron chi connectivity index (χ0n) is 16.2. The molecular formula is C22H26N4O. The number of amides is 1. The minimum atomic E-state index is 0.206. The standard InChI is InChI=1S/C22H26N4O/c1-15(2)26-20-13-23-9-7-19(20)24-22(26)18-8-10-25(14-18)21(27)12-17-6-4-5-16(3)11-17/h4-7,9,11,13,15,18H,8,10,12,14H2,1-3H3/t18-/m0/s1. The molecule has 1 amide bonds. The summed E-state index contributed by atoms with van der Waals surface area (Å²) in [7, 11) is 0. The number of likely N-dealkylation sites (tertiary alicyclic amines) is 1. The molecule has 5 nitrogen and oxygen atoms in total. The number of hydrogen-bond acceptors (Lipinski definition) is 3. The summed E-state index contributed by atoms with van der Waals surface area (Å²) in [5.41, 5.74) is 4.34. The lowest BCUT2D eigenvalue weighted by Gasteiger charge is -2.19. The number of fused-ring (bicyclic) bond motifs is 1. The molecule has 0 N–H and O–H groups in total. The van der Waals surface area contributed by atoms with Crippen LogP contribution in [0.15, 0.2) is 42.7 Å². The van der Waals surface area contributed by atoms with Gasteiger partial charge in [0.05, 0.1) is 23.7 Å². The first-order chi connectivity index (χ1) is 13.0. The van der Waals surface area contributed by atoms with Gasteiger partial charge in [0.25, 0.3) is 0 Å². The number of rotatable bonds is 4. The highest BCUT2D eigenvalue weighted by Crippen LogP contribution is 2.31. The van der Waals surface area contributed by atoms with Crippen molar-refractivity contribution in [3.63, 3.8) is 0 Å². The van der Waals surface area contributed by atoms with Crippen LogP contribution in [0, 0.1) is 6.92 Å². The van der Waals surface area contributed by atoms with Crippen LogP contribution < -0.4 is 0 Å². The Bertz CT molecular complexity index is 975. The first-order valence-electron chi connectivity index (χ1n) is 9.68. The number of carbonyl (C=O) groups excluding carboxylic acids is 1. The van der Waals surface area contributed by atoms with E-state index in [1.807, 2.05) is 29.3 Å². The van der Waals surface area contributed by atoms with Gasteiger partial charge in [-0.15, -0.1) is 0 Å². The molecule has 140 valence electrons. The van der Waals surface area contributed by atoms with Crippen LogP contribution in [0.5, 0.6) is 0 Å². The highest BCUT2D eigenvalue weighted by atomic mass is 16.2. The minimum Gasteiger partial charge on any atom is -0.342 e. The SMILES string of the molecule is Cc1cccc(CC(=O)N2CC[C@H](c3nc4ccncc4n3C(C)C)C2)c1. The zero-order valence-corrected chi connectivity index (χ0v) is 16.2. The van der Waals surface area contributed by atoms with Crippen molar-refractivity contribution in [1.29, 1.82) is 0 Å². The summed E-state index contributed by atoms with van der Waals surface area (Å²) in [4.78, 5) is 23.9. The number of carbonyl (C=O) groups is 1. The van der Waals surface area contributed by atoms with E-state index in [4.69, 9.17) is 4.98 Å². The number of aryl methyl sites for hydroxylation is 1. The molecule has 0 unspecified atom stereocenters. The molecule has 1 aromatic carbocycles. The van der Waals surface area contributed by atoms with Crippen molar-refractivity contribution in [2.24, 2.45) is 0 Å². The fourth-order valence-electron chi connectivity index (χ4n) is 4.10. The summed E-state index contributed by atoms with van der Waals surface area (Å²) < 4.78 is 2.28. The van der Waals surface area contributed by atoms with Crippen LogP contribution in [0.2, 0.25) is 0 Å². The maximum Gasteiger partial charge on any atom is 0.227 e. The lowest BCUT2D eigenvalue weighted by Crippen LogP contribution is -2.30. The summed E-state index contributed by atoms with van der Waals surface area (Å²) in [5, 5.41) is 0. The molecule has 27 heavy (non-hydrogen) atoms. The van der Waals surface area contributed by atoms with Crippen LogP contribution in [0.3, 0.4) is 0 Å². The van der Waals surface area contributed by atoms with Crippen LogP contribution >= 0.6 is 0 Å². The van der Waals surface area contributed by atoms with Crippen molar-refractivity contribution in [2.75, 3.05) is 13.1 Å². The average molecular weight is 362 g/mol. The Morgan fingerprint density at radius 1 is 1.30 bits per heavy atom. The third kappa shape index (κ3) is 3.46. The summed E-state index contributed by atoms with van der Waals surface area (Å²) >= 11 is 0. The van der Waals surface area contributed by atoms with E-state index in [0.29, 0.717) is 12.5 Å². The van der Waals surface area contributed by atoms with Gasteiger partial charge in [0, 0.05) is 31.2 Å². The van der Waals surface area contributed by atoms with E-state index in [-0.39, 0.29) is 11.8 Å². The third-order valence-electron chi connectivity index (χ3n) is 5.38. The number of nitrogens with zero attached hydrogens (tertiary/aromatic N) is 4. The molecule has 1 atom stereocenters. The Kier molecular flexibility index (Phi) is 4.68. The Labute approximate surface area is 160 Å². The molecule has 5 heteroatoms. The van der Waals surface area contributed by atoms with Crippen molar-refractivity contribution in [3.8, 4) is 0 Å². The molecule has 1 fully saturated rings. The van der Waals surface area contributed by atoms with E-state index in [1.54, 1.807) is 6.20 Å². The summed E-state index contributed by atoms with van der Waals surface area (Å²) in [5.74, 6) is 1.57. The van der Waals surface area contributed by atoms with E-state index in [0.717, 1.165) is 41.9 Å². The van der Waals surface area contributed by atoms with Crippen molar-refractivity contribution in [2.45, 2.75) is 45.6 Å². The van der Waals surface area contributed by atoms with Crippen LogP contribution in [-0.4, -0.2) is 38.4 Å². The summed E-state index contributed by atoms with van der Waals surface area (Å²) in [6.07, 6.45) is 5.11. The van der Waals surface area contributed by atoms with Crippen molar-refractivity contribution in [1.82, 2.24) is 19.4 Å². The van der Waals surface area contributed by atoms with Crippen molar-refractivity contribution >= 4 is 16.9 Å². The molecule has 3 heterocycles. The van der Waals surface area contributed by atoms with Crippen molar-refractivity contribution in [3.05, 3.63) is 59.7 Å². The first kappa shape index (κ1) is 17.7. The maximum atomic E-state index is 12.8. The van der Waals surface area contributed by atoms with Crippen LogP contribution in [0.4, 0.5) is 0 Å². The molecule has 0 spiro atoms. The average Bonchev–Trinajstić information content (AvgIpc) is 3.26. The molecule has 1 aliphatic heterocycles. The molecular weight excluding hydrogens is 336 g/mol. The normalized spacial score (nSPS) is 17.2. The Balaban J connectivity index is 1.53. The summed E-state index contributed by atoms with van der Waals surface area (Å²) in [6, 6.07) is 10.5. The van der Waals surface area contributed by atoms with Gasteiger partial charge in [0.1, 0.15) is 5.82 Å². The van der Waals surface area contributed by atoms with Gasteiger partial charge in [-0.25, -0.2) is 4.98 Å². The molecule has 0 aliphatic carbocycles. The molecule has 0 saturated carbocycles. The molecule has 0 radical (unpaired) electrons. The topological polar surface area (TPSA) is 51.0 Å². The van der Waals surface area contributed by atoms with E-state index in [2.05, 4.69) is 42.5 Å². The number of imidazole rings is 1. The van der Waals surface area contributed by atoms with E-state index < -0.39 is 0 Å². The quantitative estimate of drug-likeness (QED) is 0.708. The van der Waals surface area contributed by atoms with Gasteiger partial charge in [0.15, 0.2) is 0 Å². The van der Waals surface area contributed by atoms with Gasteiger partial charge in [-0.3, -0.25) is 9.78 Å².